The molecule has 0 aliphatic heterocycles. The van der Waals surface area contributed by atoms with Crippen LogP contribution in [0.15, 0.2) is 18.2 Å². The number of hydrogen-bond acceptors (Lipinski definition) is 3. The number of carbonyl (C=O) groups excluding carboxylic acids is 3. The summed E-state index contributed by atoms with van der Waals surface area (Å²) in [7, 11) is 0. The Morgan fingerprint density at radius 3 is 1.41 bits per heavy atom. The third-order valence-corrected chi connectivity index (χ3v) is 6.87. The van der Waals surface area contributed by atoms with Gasteiger partial charge in [-0.25, -0.2) is 0 Å². The zero-order valence-electron chi connectivity index (χ0n) is 26.6. The first kappa shape index (κ1) is 34.7. The van der Waals surface area contributed by atoms with Crippen molar-refractivity contribution in [1.29, 1.82) is 0 Å². The van der Waals surface area contributed by atoms with Gasteiger partial charge >= 0.3 is 0 Å². The molecule has 6 nitrogen and oxygen atoms in total. The van der Waals surface area contributed by atoms with Gasteiger partial charge in [0.15, 0.2) is 0 Å². The van der Waals surface area contributed by atoms with Crippen molar-refractivity contribution in [3.8, 4) is 0 Å². The molecule has 0 heterocycles. The van der Waals surface area contributed by atoms with Crippen molar-refractivity contribution >= 4 is 17.7 Å². The molecule has 6 heteroatoms. The lowest BCUT2D eigenvalue weighted by Crippen LogP contribution is -2.35. The predicted molar refractivity (Wildman–Crippen MR) is 163 cm³/mol. The molecule has 0 fully saturated rings. The van der Waals surface area contributed by atoms with Crippen molar-refractivity contribution in [2.45, 2.75) is 133 Å². The maximum absolute atomic E-state index is 13.2. The van der Waals surface area contributed by atoms with Crippen LogP contribution in [-0.2, 0) is 0 Å². The maximum Gasteiger partial charge on any atom is 0.251 e. The SMILES string of the molecule is CC(C)CCCCCNC(=O)c1cc(C(=O)NC(C)CCC(C)(C)C)cc(C(=O)NC(C)CCC(C)(C)C)c1. The third-order valence-electron chi connectivity index (χ3n) is 6.87. The van der Waals surface area contributed by atoms with Crippen LogP contribution in [0.4, 0.5) is 0 Å². The van der Waals surface area contributed by atoms with Crippen molar-refractivity contribution < 1.29 is 14.4 Å². The van der Waals surface area contributed by atoms with E-state index in [-0.39, 0.29) is 40.6 Å². The molecule has 0 aliphatic carbocycles. The van der Waals surface area contributed by atoms with Gasteiger partial charge in [-0.3, -0.25) is 14.4 Å². The number of rotatable bonds is 15. The van der Waals surface area contributed by atoms with Crippen LogP contribution in [0.2, 0.25) is 0 Å². The van der Waals surface area contributed by atoms with Crippen LogP contribution in [0.25, 0.3) is 0 Å². The van der Waals surface area contributed by atoms with Gasteiger partial charge in [0.2, 0.25) is 0 Å². The molecule has 39 heavy (non-hydrogen) atoms. The number of nitrogens with one attached hydrogen (secondary N) is 3. The van der Waals surface area contributed by atoms with Gasteiger partial charge in [0.1, 0.15) is 0 Å². The lowest BCUT2D eigenvalue weighted by Gasteiger charge is -2.22. The summed E-state index contributed by atoms with van der Waals surface area (Å²) in [5.41, 5.74) is 1.35. The highest BCUT2D eigenvalue weighted by molar-refractivity contribution is 6.04. The highest BCUT2D eigenvalue weighted by Crippen LogP contribution is 2.23. The summed E-state index contributed by atoms with van der Waals surface area (Å²) in [6.07, 6.45) is 7.97. The van der Waals surface area contributed by atoms with Crippen LogP contribution < -0.4 is 16.0 Å². The van der Waals surface area contributed by atoms with Gasteiger partial charge in [0, 0.05) is 35.3 Å². The molecule has 2 atom stereocenters. The molecular weight excluding hydrogens is 486 g/mol. The second-order valence-corrected chi connectivity index (χ2v) is 14.2. The second kappa shape index (κ2) is 16.0. The molecule has 3 amide bonds. The van der Waals surface area contributed by atoms with Crippen molar-refractivity contribution in [2.75, 3.05) is 6.54 Å². The van der Waals surface area contributed by atoms with Gasteiger partial charge in [-0.05, 0) is 80.9 Å². The molecule has 222 valence electrons. The zero-order valence-corrected chi connectivity index (χ0v) is 26.6. The van der Waals surface area contributed by atoms with Crippen molar-refractivity contribution in [2.24, 2.45) is 16.7 Å². The zero-order chi connectivity index (χ0) is 29.8. The number of amides is 3. The molecule has 3 N–H and O–H groups in total. The van der Waals surface area contributed by atoms with E-state index in [2.05, 4.69) is 71.3 Å². The minimum atomic E-state index is -0.269. The van der Waals surface area contributed by atoms with E-state index in [1.165, 1.54) is 6.42 Å². The van der Waals surface area contributed by atoms with Gasteiger partial charge in [-0.15, -0.1) is 0 Å². The van der Waals surface area contributed by atoms with E-state index in [9.17, 15) is 14.4 Å². The Morgan fingerprint density at radius 1 is 0.615 bits per heavy atom. The van der Waals surface area contributed by atoms with Gasteiger partial charge in [-0.2, -0.15) is 0 Å². The normalized spacial score (nSPS) is 13.6. The molecule has 1 aromatic carbocycles. The van der Waals surface area contributed by atoms with E-state index in [0.29, 0.717) is 29.2 Å². The summed E-state index contributed by atoms with van der Waals surface area (Å²) < 4.78 is 0. The van der Waals surface area contributed by atoms with Crippen LogP contribution in [0.5, 0.6) is 0 Å². The third kappa shape index (κ3) is 15.7. The monoisotopic (exact) mass is 543 g/mol. The van der Waals surface area contributed by atoms with E-state index in [4.69, 9.17) is 0 Å². The van der Waals surface area contributed by atoms with Crippen molar-refractivity contribution in [3.63, 3.8) is 0 Å². The molecule has 0 aliphatic rings. The Bertz CT molecular complexity index is 869. The summed E-state index contributed by atoms with van der Waals surface area (Å²) in [6.45, 7) is 22.1. The Balaban J connectivity index is 3.02. The first-order valence-corrected chi connectivity index (χ1v) is 15.0. The largest absolute Gasteiger partial charge is 0.352 e. The molecular formula is C33H57N3O3. The Morgan fingerprint density at radius 2 is 1.03 bits per heavy atom. The fraction of sp³-hybridized carbons (Fsp3) is 0.727. The van der Waals surface area contributed by atoms with Crippen LogP contribution in [-0.4, -0.2) is 36.3 Å². The standard InChI is InChI=1S/C33H57N3O3/c1-23(2)14-12-11-13-19-34-29(37)26-20-27(30(38)35-24(3)15-17-32(5,6)7)22-28(21-26)31(39)36-25(4)16-18-33(8,9)10/h20-25H,11-19H2,1-10H3,(H,34,37)(H,35,38)(H,36,39). The fourth-order valence-electron chi connectivity index (χ4n) is 4.24. The highest BCUT2D eigenvalue weighted by atomic mass is 16.2. The molecule has 0 radical (unpaired) electrons. The number of unbranched alkanes of at least 4 members (excludes halogenated alkanes) is 2. The summed E-state index contributed by atoms with van der Waals surface area (Å²) in [5, 5.41) is 9.08. The van der Waals surface area contributed by atoms with Crippen LogP contribution >= 0.6 is 0 Å². The average Bonchev–Trinajstić information content (AvgIpc) is 2.82. The lowest BCUT2D eigenvalue weighted by atomic mass is 9.89. The number of hydrogen-bond donors (Lipinski definition) is 3. The molecule has 0 bridgehead atoms. The minimum Gasteiger partial charge on any atom is -0.352 e. The number of carbonyl (C=O) groups is 3. The Hall–Kier alpha value is -2.37. The van der Waals surface area contributed by atoms with E-state index in [1.54, 1.807) is 18.2 Å². The first-order chi connectivity index (χ1) is 18.0. The first-order valence-electron chi connectivity index (χ1n) is 15.0. The molecule has 1 aromatic rings. The molecule has 1 rings (SSSR count). The quantitative estimate of drug-likeness (QED) is 0.200. The smallest absolute Gasteiger partial charge is 0.251 e. The van der Waals surface area contributed by atoms with Gasteiger partial charge < -0.3 is 16.0 Å². The van der Waals surface area contributed by atoms with Gasteiger partial charge in [0.05, 0.1) is 0 Å². The lowest BCUT2D eigenvalue weighted by molar-refractivity contribution is 0.0935. The van der Waals surface area contributed by atoms with Gasteiger partial charge in [0.25, 0.3) is 17.7 Å². The Kier molecular flexibility index (Phi) is 14.2. The highest BCUT2D eigenvalue weighted by Gasteiger charge is 2.20. The summed E-state index contributed by atoms with van der Waals surface area (Å²) in [6, 6.07) is 4.75. The topological polar surface area (TPSA) is 87.3 Å². The minimum absolute atomic E-state index is 0.0188. The molecule has 0 saturated carbocycles. The van der Waals surface area contributed by atoms with Crippen LogP contribution in [0, 0.1) is 16.7 Å². The van der Waals surface area contributed by atoms with E-state index >= 15 is 0 Å². The summed E-state index contributed by atoms with van der Waals surface area (Å²) in [5.74, 6) is -0.112. The van der Waals surface area contributed by atoms with E-state index in [0.717, 1.165) is 44.9 Å². The van der Waals surface area contributed by atoms with E-state index < -0.39 is 0 Å². The average molecular weight is 544 g/mol. The summed E-state index contributed by atoms with van der Waals surface area (Å²) in [4.78, 5) is 39.4. The van der Waals surface area contributed by atoms with Crippen molar-refractivity contribution in [3.05, 3.63) is 34.9 Å². The predicted octanol–water partition coefficient (Wildman–Crippen LogP) is 7.52. The van der Waals surface area contributed by atoms with Crippen molar-refractivity contribution in [1.82, 2.24) is 16.0 Å². The van der Waals surface area contributed by atoms with Crippen LogP contribution in [0.1, 0.15) is 152 Å². The molecule has 0 spiro atoms. The maximum atomic E-state index is 13.2. The Labute approximate surface area is 238 Å². The summed E-state index contributed by atoms with van der Waals surface area (Å²) >= 11 is 0. The molecule has 0 aromatic heterocycles. The molecule has 0 saturated heterocycles. The fourth-order valence-corrected chi connectivity index (χ4v) is 4.24. The molecule has 2 unspecified atom stereocenters. The second-order valence-electron chi connectivity index (χ2n) is 14.2. The van der Waals surface area contributed by atoms with E-state index in [1.807, 2.05) is 13.8 Å². The van der Waals surface area contributed by atoms with Gasteiger partial charge in [-0.1, -0.05) is 74.7 Å². The number of benzene rings is 1. The van der Waals surface area contributed by atoms with Crippen LogP contribution in [0.3, 0.4) is 0 Å².